The van der Waals surface area contributed by atoms with Crippen LogP contribution in [0, 0.1) is 28.8 Å². The number of aliphatic hydroxyl groups is 1. The molecule has 5 nitrogen and oxygen atoms in total. The van der Waals surface area contributed by atoms with Crippen LogP contribution in [0.2, 0.25) is 5.02 Å². The van der Waals surface area contributed by atoms with Gasteiger partial charge in [0, 0.05) is 30.0 Å². The van der Waals surface area contributed by atoms with Gasteiger partial charge in [0.2, 0.25) is 0 Å². The van der Waals surface area contributed by atoms with E-state index >= 15 is 4.39 Å². The third-order valence-electron chi connectivity index (χ3n) is 8.19. The molecule has 1 saturated heterocycles. The summed E-state index contributed by atoms with van der Waals surface area (Å²) in [6, 6.07) is 4.32. The molecule has 2 aliphatic heterocycles. The minimum atomic E-state index is -1.71. The summed E-state index contributed by atoms with van der Waals surface area (Å²) >= 11 is 6.15. The van der Waals surface area contributed by atoms with E-state index in [0.717, 1.165) is 12.1 Å². The number of halogens is 4. The Labute approximate surface area is 224 Å². The summed E-state index contributed by atoms with van der Waals surface area (Å²) in [5.41, 5.74) is -2.81. The number of carbonyl (C=O) groups is 2. The first kappa shape index (κ1) is 27.2. The van der Waals surface area contributed by atoms with Gasteiger partial charge in [0.05, 0.1) is 16.7 Å². The number of fused-ring (bicyclic) bond motifs is 2. The normalized spacial score (nSPS) is 32.3. The molecule has 2 N–H and O–H groups in total. The fourth-order valence-electron chi connectivity index (χ4n) is 6.82. The number of esters is 1. The first-order chi connectivity index (χ1) is 17.6. The van der Waals surface area contributed by atoms with Gasteiger partial charge < -0.3 is 15.2 Å². The molecule has 0 radical (unpaired) electrons. The maximum atomic E-state index is 15.7. The molecule has 1 aliphatic carbocycles. The number of ketones is 1. The fraction of sp³-hybridized carbons (Fsp3) is 0.517. The second-order valence-electron chi connectivity index (χ2n) is 12.5. The minimum absolute atomic E-state index is 0.0231. The number of Topliss-reactive ketones (excluding diaryl/α,β-unsaturated/α-hetero) is 1. The van der Waals surface area contributed by atoms with Crippen LogP contribution in [0.5, 0.6) is 5.75 Å². The van der Waals surface area contributed by atoms with E-state index < -0.39 is 52.4 Å². The van der Waals surface area contributed by atoms with E-state index in [1.165, 1.54) is 18.2 Å². The molecule has 38 heavy (non-hydrogen) atoms. The molecule has 0 unspecified atom stereocenters. The predicted octanol–water partition coefficient (Wildman–Crippen LogP) is 5.59. The third kappa shape index (κ3) is 4.34. The van der Waals surface area contributed by atoms with Gasteiger partial charge in [0.25, 0.3) is 0 Å². The fourth-order valence-corrected chi connectivity index (χ4v) is 7.00. The lowest BCUT2D eigenvalue weighted by Crippen LogP contribution is -2.49. The number of hydrogen-bond acceptors (Lipinski definition) is 5. The standard InChI is InChI=1S/C29H31ClF3NO4/c1-27(2,3)13-22-29(16-9-18(31)19(32)10-21(16)38-26(29)36)23(15-6-5-7-17(30)24(15)33)25(34-22)20(35)8-14-11-28(4,37)12-14/h5-7,9-10,14,22-23,25,34,37H,8,11-13H2,1-4H3/t14?,22-,23+,25+,28?,29+/m1/s1. The molecule has 2 heterocycles. The van der Waals surface area contributed by atoms with E-state index in [1.807, 2.05) is 20.8 Å². The average molecular weight is 550 g/mol. The van der Waals surface area contributed by atoms with Gasteiger partial charge in [0.1, 0.15) is 17.0 Å². The molecule has 1 saturated carbocycles. The van der Waals surface area contributed by atoms with Crippen molar-refractivity contribution < 1.29 is 32.6 Å². The summed E-state index contributed by atoms with van der Waals surface area (Å²) in [6.07, 6.45) is 1.37. The summed E-state index contributed by atoms with van der Waals surface area (Å²) in [7, 11) is 0. The van der Waals surface area contributed by atoms with Crippen molar-refractivity contribution in [1.29, 1.82) is 0 Å². The van der Waals surface area contributed by atoms with Crippen molar-refractivity contribution in [3.63, 3.8) is 0 Å². The summed E-state index contributed by atoms with van der Waals surface area (Å²) in [5, 5.41) is 13.3. The topological polar surface area (TPSA) is 75.6 Å². The molecule has 4 atom stereocenters. The van der Waals surface area contributed by atoms with E-state index in [4.69, 9.17) is 16.3 Å². The van der Waals surface area contributed by atoms with Crippen LogP contribution in [0.4, 0.5) is 13.2 Å². The van der Waals surface area contributed by atoms with E-state index in [1.54, 1.807) is 6.92 Å². The second kappa shape index (κ2) is 9.07. The molecule has 204 valence electrons. The Morgan fingerprint density at radius 3 is 2.47 bits per heavy atom. The van der Waals surface area contributed by atoms with Gasteiger partial charge in [-0.2, -0.15) is 0 Å². The first-order valence-corrected chi connectivity index (χ1v) is 13.2. The van der Waals surface area contributed by atoms with Crippen LogP contribution in [0.1, 0.15) is 70.4 Å². The lowest BCUT2D eigenvalue weighted by atomic mass is 9.61. The Balaban J connectivity index is 1.71. The summed E-state index contributed by atoms with van der Waals surface area (Å²) in [5.74, 6) is -5.54. The highest BCUT2D eigenvalue weighted by molar-refractivity contribution is 6.30. The van der Waals surface area contributed by atoms with Gasteiger partial charge in [0.15, 0.2) is 17.4 Å². The first-order valence-electron chi connectivity index (χ1n) is 12.8. The highest BCUT2D eigenvalue weighted by Crippen LogP contribution is 2.58. The molecule has 9 heteroatoms. The summed E-state index contributed by atoms with van der Waals surface area (Å²) in [6.45, 7) is 7.57. The van der Waals surface area contributed by atoms with Crippen molar-refractivity contribution in [1.82, 2.24) is 5.32 Å². The average Bonchev–Trinajstić information content (AvgIpc) is 3.24. The van der Waals surface area contributed by atoms with Gasteiger partial charge in [-0.05, 0) is 55.2 Å². The van der Waals surface area contributed by atoms with E-state index in [2.05, 4.69) is 5.32 Å². The molecule has 3 aliphatic rings. The quantitative estimate of drug-likeness (QED) is 0.375. The predicted molar refractivity (Wildman–Crippen MR) is 136 cm³/mol. The Bertz CT molecular complexity index is 1320. The maximum Gasteiger partial charge on any atom is 0.324 e. The van der Waals surface area contributed by atoms with Gasteiger partial charge in [-0.15, -0.1) is 0 Å². The van der Waals surface area contributed by atoms with Crippen molar-refractivity contribution in [2.75, 3.05) is 0 Å². The second-order valence-corrected chi connectivity index (χ2v) is 13.0. The van der Waals surface area contributed by atoms with Crippen LogP contribution in [0.15, 0.2) is 30.3 Å². The van der Waals surface area contributed by atoms with Gasteiger partial charge in [-0.1, -0.05) is 44.5 Å². The Morgan fingerprint density at radius 1 is 1.18 bits per heavy atom. The number of carbonyl (C=O) groups excluding carboxylic acids is 2. The lowest BCUT2D eigenvalue weighted by molar-refractivity contribution is -0.139. The van der Waals surface area contributed by atoms with E-state index in [0.29, 0.717) is 19.3 Å². The number of nitrogens with one attached hydrogen (secondary N) is 1. The largest absolute Gasteiger partial charge is 0.425 e. The van der Waals surface area contributed by atoms with E-state index in [9.17, 15) is 23.5 Å². The van der Waals surface area contributed by atoms with Gasteiger partial charge in [-0.25, -0.2) is 13.2 Å². The lowest BCUT2D eigenvalue weighted by Gasteiger charge is -2.41. The van der Waals surface area contributed by atoms with Gasteiger partial charge >= 0.3 is 5.97 Å². The molecule has 2 aromatic carbocycles. The number of benzene rings is 2. The smallest absolute Gasteiger partial charge is 0.324 e. The highest BCUT2D eigenvalue weighted by atomic mass is 35.5. The summed E-state index contributed by atoms with van der Waals surface area (Å²) in [4.78, 5) is 27.7. The van der Waals surface area contributed by atoms with Crippen LogP contribution in [-0.4, -0.2) is 34.5 Å². The third-order valence-corrected chi connectivity index (χ3v) is 8.48. The van der Waals surface area contributed by atoms with Crippen LogP contribution < -0.4 is 10.1 Å². The highest BCUT2D eigenvalue weighted by Gasteiger charge is 2.68. The molecule has 0 amide bonds. The zero-order valence-electron chi connectivity index (χ0n) is 21.7. The molecular weight excluding hydrogens is 519 g/mol. The zero-order chi connectivity index (χ0) is 27.8. The Kier molecular flexibility index (Phi) is 6.48. The van der Waals surface area contributed by atoms with Gasteiger partial charge in [-0.3, -0.25) is 9.59 Å². The monoisotopic (exact) mass is 549 g/mol. The van der Waals surface area contributed by atoms with E-state index in [-0.39, 0.29) is 45.4 Å². The van der Waals surface area contributed by atoms with Crippen molar-refractivity contribution in [2.45, 2.75) is 82.4 Å². The Hall–Kier alpha value is -2.42. The number of rotatable bonds is 5. The molecule has 5 rings (SSSR count). The van der Waals surface area contributed by atoms with Crippen molar-refractivity contribution in [2.24, 2.45) is 11.3 Å². The summed E-state index contributed by atoms with van der Waals surface area (Å²) < 4.78 is 50.1. The van der Waals surface area contributed by atoms with Crippen LogP contribution >= 0.6 is 11.6 Å². The SMILES string of the molecule is CC(C)(C)C[C@H]1N[C@@H](C(=O)CC2CC(C)(O)C2)[C@H](c2cccc(Cl)c2F)[C@@]12C(=O)Oc1cc(F)c(F)cc12. The van der Waals surface area contributed by atoms with Crippen molar-refractivity contribution in [3.8, 4) is 5.75 Å². The molecule has 2 fully saturated rings. The van der Waals surface area contributed by atoms with Crippen molar-refractivity contribution >= 4 is 23.4 Å². The van der Waals surface area contributed by atoms with Crippen molar-refractivity contribution in [3.05, 3.63) is 63.9 Å². The molecule has 1 spiro atoms. The molecule has 2 aromatic rings. The number of hydrogen-bond donors (Lipinski definition) is 2. The Morgan fingerprint density at radius 2 is 1.84 bits per heavy atom. The molecule has 0 aromatic heterocycles. The van der Waals surface area contributed by atoms with Crippen LogP contribution in [-0.2, 0) is 15.0 Å². The number of ether oxygens (including phenoxy) is 1. The maximum absolute atomic E-state index is 15.7. The zero-order valence-corrected chi connectivity index (χ0v) is 22.5. The van der Waals surface area contributed by atoms with Crippen LogP contribution in [0.25, 0.3) is 0 Å². The molecular formula is C29H31ClF3NO4. The minimum Gasteiger partial charge on any atom is -0.425 e. The van der Waals surface area contributed by atoms with Crippen LogP contribution in [0.3, 0.4) is 0 Å². The molecule has 0 bridgehead atoms.